The van der Waals surface area contributed by atoms with E-state index < -0.39 is 0 Å². The zero-order valence-corrected chi connectivity index (χ0v) is 7.68. The minimum absolute atomic E-state index is 0.613. The molecule has 0 bridgehead atoms. The van der Waals surface area contributed by atoms with Crippen LogP contribution in [0.1, 0.15) is 29.2 Å². The smallest absolute Gasteiger partial charge is 0.152 e. The fraction of sp³-hybridized carbons (Fsp3) is 0.273. The van der Waals surface area contributed by atoms with Crippen molar-refractivity contribution in [1.82, 2.24) is 9.55 Å². The van der Waals surface area contributed by atoms with Crippen molar-refractivity contribution in [3.63, 3.8) is 0 Å². The molecule has 1 aliphatic carbocycles. The second kappa shape index (κ2) is 2.67. The molecule has 0 amide bonds. The highest BCUT2D eigenvalue weighted by atomic mass is 16.1. The lowest BCUT2D eigenvalue weighted by molar-refractivity contribution is 0.112. The molecule has 1 aromatic heterocycles. The molecule has 1 saturated carbocycles. The Morgan fingerprint density at radius 1 is 1.43 bits per heavy atom. The van der Waals surface area contributed by atoms with Crippen LogP contribution in [0.4, 0.5) is 0 Å². The van der Waals surface area contributed by atoms with Crippen molar-refractivity contribution < 1.29 is 4.79 Å². The minimum Gasteiger partial charge on any atom is -0.327 e. The van der Waals surface area contributed by atoms with Gasteiger partial charge in [-0.1, -0.05) is 6.07 Å². The van der Waals surface area contributed by atoms with E-state index in [0.29, 0.717) is 11.6 Å². The van der Waals surface area contributed by atoms with E-state index in [9.17, 15) is 4.79 Å². The van der Waals surface area contributed by atoms with Crippen LogP contribution >= 0.6 is 0 Å². The average molecular weight is 186 g/mol. The Kier molecular flexibility index (Phi) is 1.48. The quantitative estimate of drug-likeness (QED) is 0.674. The van der Waals surface area contributed by atoms with Gasteiger partial charge in [0.05, 0.1) is 17.4 Å². The molecule has 0 aliphatic heterocycles. The third-order valence-electron chi connectivity index (χ3n) is 2.70. The molecule has 1 aliphatic rings. The number of para-hydroxylation sites is 1. The Bertz CT molecular complexity index is 497. The van der Waals surface area contributed by atoms with Crippen molar-refractivity contribution >= 4 is 17.3 Å². The summed E-state index contributed by atoms with van der Waals surface area (Å²) in [4.78, 5) is 15.0. The third kappa shape index (κ3) is 0.985. The lowest BCUT2D eigenvalue weighted by atomic mass is 10.2. The molecule has 1 fully saturated rings. The van der Waals surface area contributed by atoms with Crippen molar-refractivity contribution in [2.75, 3.05) is 0 Å². The van der Waals surface area contributed by atoms with Gasteiger partial charge >= 0.3 is 0 Å². The molecule has 3 rings (SSSR count). The van der Waals surface area contributed by atoms with Gasteiger partial charge in [-0.15, -0.1) is 0 Å². The molecule has 0 spiro atoms. The highest BCUT2D eigenvalue weighted by molar-refractivity contribution is 5.94. The van der Waals surface area contributed by atoms with Gasteiger partial charge in [-0.3, -0.25) is 4.79 Å². The molecule has 0 unspecified atom stereocenters. The van der Waals surface area contributed by atoms with E-state index in [1.807, 2.05) is 18.5 Å². The van der Waals surface area contributed by atoms with E-state index in [1.54, 1.807) is 6.07 Å². The van der Waals surface area contributed by atoms with Crippen LogP contribution in [0.15, 0.2) is 24.5 Å². The first-order valence-corrected chi connectivity index (χ1v) is 4.81. The first-order chi connectivity index (χ1) is 6.90. The van der Waals surface area contributed by atoms with Gasteiger partial charge in [-0.25, -0.2) is 4.98 Å². The van der Waals surface area contributed by atoms with Gasteiger partial charge in [-0.05, 0) is 25.0 Å². The summed E-state index contributed by atoms with van der Waals surface area (Å²) in [6.07, 6.45) is 5.18. The highest BCUT2D eigenvalue weighted by Crippen LogP contribution is 2.37. The predicted octanol–water partition coefficient (Wildman–Crippen LogP) is 2.18. The number of fused-ring (bicyclic) bond motifs is 1. The van der Waals surface area contributed by atoms with E-state index in [0.717, 1.165) is 17.3 Å². The van der Waals surface area contributed by atoms with E-state index in [2.05, 4.69) is 9.55 Å². The first kappa shape index (κ1) is 7.74. The standard InChI is InChI=1S/C11H10N2O/c14-6-8-2-1-3-10-11(8)12-7-13(10)9-4-5-9/h1-3,6-7,9H,4-5H2. The molecule has 0 radical (unpaired) electrons. The summed E-state index contributed by atoms with van der Waals surface area (Å²) >= 11 is 0. The van der Waals surface area contributed by atoms with Crippen molar-refractivity contribution in [1.29, 1.82) is 0 Å². The van der Waals surface area contributed by atoms with Gasteiger partial charge in [-0.2, -0.15) is 0 Å². The Morgan fingerprint density at radius 3 is 3.00 bits per heavy atom. The normalized spacial score (nSPS) is 16.0. The van der Waals surface area contributed by atoms with Gasteiger partial charge in [0.2, 0.25) is 0 Å². The number of imidazole rings is 1. The monoisotopic (exact) mass is 186 g/mol. The van der Waals surface area contributed by atoms with Crippen LogP contribution in [0.3, 0.4) is 0 Å². The number of carbonyl (C=O) groups excluding carboxylic acids is 1. The Morgan fingerprint density at radius 2 is 2.29 bits per heavy atom. The summed E-state index contributed by atoms with van der Waals surface area (Å²) in [5.41, 5.74) is 2.59. The van der Waals surface area contributed by atoms with Gasteiger partial charge in [0, 0.05) is 11.6 Å². The lowest BCUT2D eigenvalue weighted by Crippen LogP contribution is -1.90. The molecule has 0 saturated heterocycles. The second-order valence-corrected chi connectivity index (χ2v) is 3.72. The number of nitrogens with zero attached hydrogens (tertiary/aromatic N) is 2. The zero-order chi connectivity index (χ0) is 9.54. The van der Waals surface area contributed by atoms with Gasteiger partial charge in [0.1, 0.15) is 0 Å². The average Bonchev–Trinajstić information content (AvgIpc) is 2.97. The molecule has 1 aromatic carbocycles. The van der Waals surface area contributed by atoms with Crippen molar-refractivity contribution in [3.05, 3.63) is 30.1 Å². The predicted molar refractivity (Wildman–Crippen MR) is 53.4 cm³/mol. The SMILES string of the molecule is O=Cc1cccc2c1ncn2C1CC1. The van der Waals surface area contributed by atoms with Crippen molar-refractivity contribution in [3.8, 4) is 0 Å². The number of carbonyl (C=O) groups is 1. The van der Waals surface area contributed by atoms with E-state index in [1.165, 1.54) is 12.8 Å². The molecule has 70 valence electrons. The maximum atomic E-state index is 10.8. The topological polar surface area (TPSA) is 34.9 Å². The van der Waals surface area contributed by atoms with Crippen LogP contribution in [0, 0.1) is 0 Å². The Balaban J connectivity index is 2.30. The maximum Gasteiger partial charge on any atom is 0.152 e. The number of aldehydes is 1. The molecule has 3 heteroatoms. The van der Waals surface area contributed by atoms with Crippen molar-refractivity contribution in [2.45, 2.75) is 18.9 Å². The maximum absolute atomic E-state index is 10.8. The van der Waals surface area contributed by atoms with Crippen LogP contribution in [-0.2, 0) is 0 Å². The fourth-order valence-corrected chi connectivity index (χ4v) is 1.82. The number of benzene rings is 1. The summed E-state index contributed by atoms with van der Waals surface area (Å²) in [6.45, 7) is 0. The van der Waals surface area contributed by atoms with Gasteiger partial charge in [0.25, 0.3) is 0 Å². The number of hydrogen-bond acceptors (Lipinski definition) is 2. The molecular formula is C11H10N2O. The Hall–Kier alpha value is -1.64. The summed E-state index contributed by atoms with van der Waals surface area (Å²) < 4.78 is 2.17. The lowest BCUT2D eigenvalue weighted by Gasteiger charge is -2.00. The van der Waals surface area contributed by atoms with Crippen LogP contribution in [0.5, 0.6) is 0 Å². The van der Waals surface area contributed by atoms with Crippen LogP contribution in [0.2, 0.25) is 0 Å². The number of rotatable bonds is 2. The van der Waals surface area contributed by atoms with Crippen LogP contribution in [-0.4, -0.2) is 15.8 Å². The minimum atomic E-state index is 0.613. The summed E-state index contributed by atoms with van der Waals surface area (Å²) in [5.74, 6) is 0. The summed E-state index contributed by atoms with van der Waals surface area (Å²) in [7, 11) is 0. The van der Waals surface area contributed by atoms with E-state index >= 15 is 0 Å². The molecule has 0 atom stereocenters. The van der Waals surface area contributed by atoms with E-state index in [4.69, 9.17) is 0 Å². The highest BCUT2D eigenvalue weighted by Gasteiger charge is 2.25. The number of hydrogen-bond donors (Lipinski definition) is 0. The van der Waals surface area contributed by atoms with Gasteiger partial charge < -0.3 is 4.57 Å². The molecular weight excluding hydrogens is 176 g/mol. The summed E-state index contributed by atoms with van der Waals surface area (Å²) in [6, 6.07) is 6.35. The molecule has 14 heavy (non-hydrogen) atoms. The number of aromatic nitrogens is 2. The largest absolute Gasteiger partial charge is 0.327 e. The van der Waals surface area contributed by atoms with Gasteiger partial charge in [0.15, 0.2) is 6.29 Å². The molecule has 3 nitrogen and oxygen atoms in total. The molecule has 1 heterocycles. The molecule has 2 aromatic rings. The molecule has 0 N–H and O–H groups in total. The third-order valence-corrected chi connectivity index (χ3v) is 2.70. The zero-order valence-electron chi connectivity index (χ0n) is 7.68. The second-order valence-electron chi connectivity index (χ2n) is 3.72. The Labute approximate surface area is 81.4 Å². The van der Waals surface area contributed by atoms with E-state index in [-0.39, 0.29) is 0 Å². The van der Waals surface area contributed by atoms with Crippen LogP contribution in [0.25, 0.3) is 11.0 Å². The summed E-state index contributed by atoms with van der Waals surface area (Å²) in [5, 5.41) is 0. The fourth-order valence-electron chi connectivity index (χ4n) is 1.82. The first-order valence-electron chi connectivity index (χ1n) is 4.81. The van der Waals surface area contributed by atoms with Crippen molar-refractivity contribution in [2.24, 2.45) is 0 Å². The van der Waals surface area contributed by atoms with Crippen LogP contribution < -0.4 is 0 Å².